The van der Waals surface area contributed by atoms with Crippen LogP contribution in [0.5, 0.6) is 5.75 Å². The predicted molar refractivity (Wildman–Crippen MR) is 114 cm³/mol. The van der Waals surface area contributed by atoms with Gasteiger partial charge in [-0.15, -0.1) is 0 Å². The van der Waals surface area contributed by atoms with Crippen molar-refractivity contribution >= 4 is 5.91 Å². The van der Waals surface area contributed by atoms with Gasteiger partial charge in [0, 0.05) is 0 Å². The molecule has 1 heterocycles. The molecule has 1 aliphatic rings. The third kappa shape index (κ3) is 6.58. The molecule has 0 aromatic heterocycles. The second-order valence-electron chi connectivity index (χ2n) is 8.66. The number of carbonyl (C=O) groups is 1. The fraction of sp³-hybridized carbons (Fsp3) is 0.458. The summed E-state index contributed by atoms with van der Waals surface area (Å²) < 4.78 is 11.2. The standard InChI is InChI=1S/C24H32N2O3/c1-24(2,3)20-9-11-21(12-10-20)29-18-23(27)25-22(19-7-5-4-6-8-19)17-26-13-15-28-16-14-26/h4-12,22H,13-18H2,1-3H3,(H,25,27)/p+1/t22-/m1/s1. The highest BCUT2D eigenvalue weighted by molar-refractivity contribution is 5.78. The van der Waals surface area contributed by atoms with Crippen molar-refractivity contribution in [2.45, 2.75) is 32.2 Å². The van der Waals surface area contributed by atoms with Crippen LogP contribution in [0.4, 0.5) is 0 Å². The van der Waals surface area contributed by atoms with E-state index in [-0.39, 0.29) is 24.0 Å². The van der Waals surface area contributed by atoms with E-state index in [1.165, 1.54) is 10.5 Å². The van der Waals surface area contributed by atoms with Gasteiger partial charge in [-0.05, 0) is 28.7 Å². The Bertz CT molecular complexity index is 763. The first-order valence-electron chi connectivity index (χ1n) is 10.4. The molecular formula is C24H33N2O3+. The van der Waals surface area contributed by atoms with Crippen LogP contribution in [-0.4, -0.2) is 45.4 Å². The first-order valence-corrected chi connectivity index (χ1v) is 10.4. The summed E-state index contributed by atoms with van der Waals surface area (Å²) in [6, 6.07) is 18.1. The molecule has 156 valence electrons. The van der Waals surface area contributed by atoms with Gasteiger partial charge in [-0.1, -0.05) is 63.2 Å². The van der Waals surface area contributed by atoms with E-state index in [1.54, 1.807) is 0 Å². The highest BCUT2D eigenvalue weighted by Gasteiger charge is 2.23. The molecule has 0 radical (unpaired) electrons. The lowest BCUT2D eigenvalue weighted by atomic mass is 9.87. The van der Waals surface area contributed by atoms with Gasteiger partial charge in [-0.3, -0.25) is 4.79 Å². The maximum atomic E-state index is 12.6. The van der Waals surface area contributed by atoms with Crippen molar-refractivity contribution in [3.8, 4) is 5.75 Å². The van der Waals surface area contributed by atoms with Crippen LogP contribution in [0.15, 0.2) is 54.6 Å². The van der Waals surface area contributed by atoms with E-state index in [0.717, 1.165) is 38.4 Å². The Morgan fingerprint density at radius 3 is 2.34 bits per heavy atom. The maximum Gasteiger partial charge on any atom is 0.258 e. The average molecular weight is 398 g/mol. The Morgan fingerprint density at radius 2 is 1.72 bits per heavy atom. The van der Waals surface area contributed by atoms with Crippen LogP contribution in [0.3, 0.4) is 0 Å². The molecule has 0 unspecified atom stereocenters. The smallest absolute Gasteiger partial charge is 0.258 e. The van der Waals surface area contributed by atoms with E-state index >= 15 is 0 Å². The normalized spacial score (nSPS) is 16.2. The molecule has 0 aliphatic carbocycles. The molecule has 2 aromatic rings. The van der Waals surface area contributed by atoms with Crippen molar-refractivity contribution in [1.29, 1.82) is 0 Å². The van der Waals surface area contributed by atoms with Gasteiger partial charge in [-0.25, -0.2) is 0 Å². The Balaban J connectivity index is 1.57. The SMILES string of the molecule is CC(C)(C)c1ccc(OCC(=O)N[C@H](C[NH+]2CCOCC2)c2ccccc2)cc1. The number of quaternary nitrogens is 1. The lowest BCUT2D eigenvalue weighted by Gasteiger charge is -2.28. The summed E-state index contributed by atoms with van der Waals surface area (Å²) in [6.07, 6.45) is 0. The number of rotatable bonds is 7. The van der Waals surface area contributed by atoms with Gasteiger partial charge in [0.2, 0.25) is 0 Å². The highest BCUT2D eigenvalue weighted by Crippen LogP contribution is 2.24. The first-order chi connectivity index (χ1) is 13.9. The molecule has 0 bridgehead atoms. The molecule has 1 fully saturated rings. The molecule has 0 saturated carbocycles. The van der Waals surface area contributed by atoms with Gasteiger partial charge >= 0.3 is 0 Å². The number of hydrogen-bond acceptors (Lipinski definition) is 3. The summed E-state index contributed by atoms with van der Waals surface area (Å²) >= 11 is 0. The molecule has 1 aliphatic heterocycles. The summed E-state index contributed by atoms with van der Waals surface area (Å²) in [7, 11) is 0. The number of carbonyl (C=O) groups excluding carboxylic acids is 1. The minimum Gasteiger partial charge on any atom is -0.484 e. The minimum absolute atomic E-state index is 0.0106. The van der Waals surface area contributed by atoms with E-state index in [0.29, 0.717) is 5.75 Å². The summed E-state index contributed by atoms with van der Waals surface area (Å²) in [5.74, 6) is 0.606. The maximum absolute atomic E-state index is 12.6. The summed E-state index contributed by atoms with van der Waals surface area (Å²) in [6.45, 7) is 10.9. The van der Waals surface area contributed by atoms with Gasteiger partial charge in [-0.2, -0.15) is 0 Å². The van der Waals surface area contributed by atoms with Gasteiger partial charge < -0.3 is 19.7 Å². The number of hydrogen-bond donors (Lipinski definition) is 2. The van der Waals surface area contributed by atoms with Crippen molar-refractivity contribution in [3.05, 3.63) is 65.7 Å². The number of morpholine rings is 1. The lowest BCUT2D eigenvalue weighted by Crippen LogP contribution is -3.14. The second-order valence-corrected chi connectivity index (χ2v) is 8.66. The van der Waals surface area contributed by atoms with Gasteiger partial charge in [0.15, 0.2) is 6.61 Å². The number of amides is 1. The van der Waals surface area contributed by atoms with E-state index in [4.69, 9.17) is 9.47 Å². The van der Waals surface area contributed by atoms with Crippen LogP contribution in [0.1, 0.15) is 37.9 Å². The molecule has 2 N–H and O–H groups in total. The second kappa shape index (κ2) is 9.90. The summed E-state index contributed by atoms with van der Waals surface area (Å²) in [4.78, 5) is 14.0. The van der Waals surface area contributed by atoms with E-state index in [1.807, 2.05) is 30.3 Å². The third-order valence-electron chi connectivity index (χ3n) is 5.32. The summed E-state index contributed by atoms with van der Waals surface area (Å²) in [5.41, 5.74) is 2.46. The quantitative estimate of drug-likeness (QED) is 0.753. The number of ether oxygens (including phenoxy) is 2. The molecule has 1 atom stereocenters. The van der Waals surface area contributed by atoms with Crippen LogP contribution in [0, 0.1) is 0 Å². The molecule has 1 amide bonds. The Hall–Kier alpha value is -2.37. The topological polar surface area (TPSA) is 52.0 Å². The van der Waals surface area contributed by atoms with Crippen molar-refractivity contribution in [2.24, 2.45) is 0 Å². The zero-order chi connectivity index (χ0) is 20.7. The monoisotopic (exact) mass is 397 g/mol. The third-order valence-corrected chi connectivity index (χ3v) is 5.32. The van der Waals surface area contributed by atoms with Crippen molar-refractivity contribution in [1.82, 2.24) is 5.32 Å². The fourth-order valence-corrected chi connectivity index (χ4v) is 3.53. The molecule has 2 aromatic carbocycles. The molecular weight excluding hydrogens is 364 g/mol. The van der Waals surface area contributed by atoms with Crippen LogP contribution < -0.4 is 15.0 Å². The molecule has 5 heteroatoms. The van der Waals surface area contributed by atoms with E-state index in [9.17, 15) is 4.79 Å². The van der Waals surface area contributed by atoms with Crippen LogP contribution in [0.25, 0.3) is 0 Å². The Kier molecular flexibility index (Phi) is 7.29. The van der Waals surface area contributed by atoms with Crippen LogP contribution in [0.2, 0.25) is 0 Å². The Labute approximate surface area is 174 Å². The van der Waals surface area contributed by atoms with Crippen LogP contribution in [-0.2, 0) is 14.9 Å². The molecule has 1 saturated heterocycles. The largest absolute Gasteiger partial charge is 0.484 e. The van der Waals surface area contributed by atoms with Gasteiger partial charge in [0.25, 0.3) is 5.91 Å². The number of nitrogens with one attached hydrogen (secondary N) is 2. The van der Waals surface area contributed by atoms with Crippen molar-refractivity contribution in [2.75, 3.05) is 39.5 Å². The predicted octanol–water partition coefficient (Wildman–Crippen LogP) is 2.14. The first kappa shape index (κ1) is 21.3. The summed E-state index contributed by atoms with van der Waals surface area (Å²) in [5, 5.41) is 3.16. The lowest BCUT2D eigenvalue weighted by molar-refractivity contribution is -0.909. The Morgan fingerprint density at radius 1 is 1.07 bits per heavy atom. The highest BCUT2D eigenvalue weighted by atomic mass is 16.5. The average Bonchev–Trinajstić information content (AvgIpc) is 2.73. The molecule has 5 nitrogen and oxygen atoms in total. The molecule has 0 spiro atoms. The molecule has 3 rings (SSSR count). The fourth-order valence-electron chi connectivity index (χ4n) is 3.53. The van der Waals surface area contributed by atoms with Crippen molar-refractivity contribution in [3.63, 3.8) is 0 Å². The molecule has 29 heavy (non-hydrogen) atoms. The van der Waals surface area contributed by atoms with E-state index < -0.39 is 0 Å². The van der Waals surface area contributed by atoms with E-state index in [2.05, 4.69) is 50.4 Å². The number of benzene rings is 2. The van der Waals surface area contributed by atoms with Gasteiger partial charge in [0.05, 0.1) is 13.2 Å². The zero-order valence-corrected chi connectivity index (χ0v) is 17.7. The van der Waals surface area contributed by atoms with Crippen molar-refractivity contribution < 1.29 is 19.2 Å². The minimum atomic E-state index is -0.105. The van der Waals surface area contributed by atoms with Crippen LogP contribution >= 0.6 is 0 Å². The zero-order valence-electron chi connectivity index (χ0n) is 17.7. The van der Waals surface area contributed by atoms with Gasteiger partial charge in [0.1, 0.15) is 31.4 Å².